The van der Waals surface area contributed by atoms with Gasteiger partial charge in [0.15, 0.2) is 0 Å². The first-order valence-corrected chi connectivity index (χ1v) is 7.90. The molecule has 2 nitrogen and oxygen atoms in total. The summed E-state index contributed by atoms with van der Waals surface area (Å²) in [6.07, 6.45) is 6.49. The predicted molar refractivity (Wildman–Crippen MR) is 80.5 cm³/mol. The standard InChI is InChI=1S/C17H26N2/c1-2-19-11-5-8-17(13-19)18-16-10-9-14-6-3-4-7-15(14)12-16/h3-4,6-7,16-18H,2,5,8-13H2,1H3. The second-order valence-electron chi connectivity index (χ2n) is 6.11. The van der Waals surface area contributed by atoms with Crippen molar-refractivity contribution >= 4 is 0 Å². The van der Waals surface area contributed by atoms with Crippen LogP contribution in [0, 0.1) is 0 Å². The van der Waals surface area contributed by atoms with Crippen LogP contribution in [0.5, 0.6) is 0 Å². The van der Waals surface area contributed by atoms with Crippen molar-refractivity contribution in [1.29, 1.82) is 0 Å². The fraction of sp³-hybridized carbons (Fsp3) is 0.647. The van der Waals surface area contributed by atoms with Gasteiger partial charge in [-0.3, -0.25) is 0 Å². The van der Waals surface area contributed by atoms with E-state index in [2.05, 4.69) is 41.4 Å². The van der Waals surface area contributed by atoms with Gasteiger partial charge in [-0.1, -0.05) is 31.2 Å². The van der Waals surface area contributed by atoms with Crippen LogP contribution in [-0.2, 0) is 12.8 Å². The van der Waals surface area contributed by atoms with Crippen LogP contribution in [0.2, 0.25) is 0 Å². The van der Waals surface area contributed by atoms with Gasteiger partial charge >= 0.3 is 0 Å². The Morgan fingerprint density at radius 1 is 1.16 bits per heavy atom. The first-order valence-electron chi connectivity index (χ1n) is 7.90. The number of likely N-dealkylation sites (N-methyl/N-ethyl adjacent to an activating group) is 1. The SMILES string of the molecule is CCN1CCCC(NC2CCc3ccccc3C2)C1. The zero-order valence-electron chi connectivity index (χ0n) is 12.1. The van der Waals surface area contributed by atoms with Crippen molar-refractivity contribution in [1.82, 2.24) is 10.2 Å². The first kappa shape index (κ1) is 13.1. The summed E-state index contributed by atoms with van der Waals surface area (Å²) in [5, 5.41) is 3.92. The van der Waals surface area contributed by atoms with E-state index in [-0.39, 0.29) is 0 Å². The van der Waals surface area contributed by atoms with Gasteiger partial charge in [-0.15, -0.1) is 0 Å². The highest BCUT2D eigenvalue weighted by molar-refractivity contribution is 5.30. The van der Waals surface area contributed by atoms with E-state index in [0.29, 0.717) is 12.1 Å². The number of hydrogen-bond donors (Lipinski definition) is 1. The van der Waals surface area contributed by atoms with Crippen LogP contribution in [0.15, 0.2) is 24.3 Å². The minimum absolute atomic E-state index is 0.691. The van der Waals surface area contributed by atoms with Crippen molar-refractivity contribution in [2.45, 2.75) is 51.1 Å². The second kappa shape index (κ2) is 6.06. The molecule has 0 aromatic heterocycles. The molecule has 0 bridgehead atoms. The van der Waals surface area contributed by atoms with E-state index < -0.39 is 0 Å². The summed E-state index contributed by atoms with van der Waals surface area (Å²) < 4.78 is 0. The molecule has 2 aliphatic rings. The van der Waals surface area contributed by atoms with Gasteiger partial charge in [0.05, 0.1) is 0 Å². The van der Waals surface area contributed by atoms with Crippen LogP contribution in [0.3, 0.4) is 0 Å². The minimum atomic E-state index is 0.691. The molecule has 1 fully saturated rings. The van der Waals surface area contributed by atoms with E-state index in [1.807, 2.05) is 0 Å². The average Bonchev–Trinajstić information content (AvgIpc) is 2.47. The number of nitrogens with one attached hydrogen (secondary N) is 1. The van der Waals surface area contributed by atoms with Crippen LogP contribution >= 0.6 is 0 Å². The van der Waals surface area contributed by atoms with E-state index in [9.17, 15) is 0 Å². The maximum atomic E-state index is 3.92. The molecule has 2 atom stereocenters. The lowest BCUT2D eigenvalue weighted by molar-refractivity contribution is 0.187. The molecule has 1 N–H and O–H groups in total. The smallest absolute Gasteiger partial charge is 0.0198 e. The van der Waals surface area contributed by atoms with Crippen LogP contribution in [0.25, 0.3) is 0 Å². The molecule has 1 aromatic rings. The molecule has 0 radical (unpaired) electrons. The highest BCUT2D eigenvalue weighted by Crippen LogP contribution is 2.22. The van der Waals surface area contributed by atoms with Gasteiger partial charge in [-0.2, -0.15) is 0 Å². The molecular weight excluding hydrogens is 232 g/mol. The summed E-state index contributed by atoms with van der Waals surface area (Å²) in [4.78, 5) is 2.58. The van der Waals surface area contributed by atoms with Crippen molar-refractivity contribution in [2.24, 2.45) is 0 Å². The molecule has 104 valence electrons. The van der Waals surface area contributed by atoms with Crippen molar-refractivity contribution in [3.63, 3.8) is 0 Å². The number of benzene rings is 1. The number of aryl methyl sites for hydroxylation is 1. The fourth-order valence-electron chi connectivity index (χ4n) is 3.65. The van der Waals surface area contributed by atoms with Crippen LogP contribution in [0.1, 0.15) is 37.3 Å². The van der Waals surface area contributed by atoms with E-state index >= 15 is 0 Å². The van der Waals surface area contributed by atoms with Crippen molar-refractivity contribution in [2.75, 3.05) is 19.6 Å². The fourth-order valence-corrected chi connectivity index (χ4v) is 3.65. The highest BCUT2D eigenvalue weighted by atomic mass is 15.2. The van der Waals surface area contributed by atoms with Crippen LogP contribution in [0.4, 0.5) is 0 Å². The Labute approximate surface area is 117 Å². The molecule has 0 saturated carbocycles. The van der Waals surface area contributed by atoms with E-state index in [1.165, 1.54) is 51.7 Å². The summed E-state index contributed by atoms with van der Waals surface area (Å²) in [5.74, 6) is 0. The van der Waals surface area contributed by atoms with Crippen molar-refractivity contribution in [3.05, 3.63) is 35.4 Å². The topological polar surface area (TPSA) is 15.3 Å². The molecular formula is C17H26N2. The van der Waals surface area contributed by atoms with E-state index in [0.717, 1.165) is 0 Å². The third-order valence-corrected chi connectivity index (χ3v) is 4.77. The lowest BCUT2D eigenvalue weighted by Crippen LogP contribution is -2.50. The lowest BCUT2D eigenvalue weighted by Gasteiger charge is -2.36. The number of rotatable bonds is 3. The summed E-state index contributed by atoms with van der Waals surface area (Å²) in [6.45, 7) is 6.02. The maximum absolute atomic E-state index is 3.92. The van der Waals surface area contributed by atoms with Gasteiger partial charge in [0.1, 0.15) is 0 Å². The summed E-state index contributed by atoms with van der Waals surface area (Å²) in [5.41, 5.74) is 3.13. The molecule has 0 amide bonds. The molecule has 2 unspecified atom stereocenters. The number of nitrogens with zero attached hydrogens (tertiary/aromatic N) is 1. The zero-order valence-corrected chi connectivity index (χ0v) is 12.1. The summed E-state index contributed by atoms with van der Waals surface area (Å²) in [6, 6.07) is 10.4. The normalized spacial score (nSPS) is 28.1. The molecule has 0 spiro atoms. The third-order valence-electron chi connectivity index (χ3n) is 4.77. The Kier molecular flexibility index (Phi) is 4.19. The Morgan fingerprint density at radius 2 is 2.00 bits per heavy atom. The molecule has 1 aromatic carbocycles. The Morgan fingerprint density at radius 3 is 2.84 bits per heavy atom. The third kappa shape index (κ3) is 3.18. The monoisotopic (exact) mass is 258 g/mol. The molecule has 2 heteroatoms. The summed E-state index contributed by atoms with van der Waals surface area (Å²) >= 11 is 0. The predicted octanol–water partition coefficient (Wildman–Crippen LogP) is 2.62. The Balaban J connectivity index is 1.57. The number of fused-ring (bicyclic) bond motifs is 1. The van der Waals surface area contributed by atoms with E-state index in [1.54, 1.807) is 11.1 Å². The van der Waals surface area contributed by atoms with Gasteiger partial charge in [0.25, 0.3) is 0 Å². The van der Waals surface area contributed by atoms with Crippen LogP contribution in [-0.4, -0.2) is 36.6 Å². The van der Waals surface area contributed by atoms with E-state index in [4.69, 9.17) is 0 Å². The van der Waals surface area contributed by atoms with Crippen molar-refractivity contribution in [3.8, 4) is 0 Å². The van der Waals surface area contributed by atoms with Gasteiger partial charge in [0.2, 0.25) is 0 Å². The van der Waals surface area contributed by atoms with Crippen molar-refractivity contribution < 1.29 is 0 Å². The van der Waals surface area contributed by atoms with Gasteiger partial charge in [-0.05, 0) is 56.3 Å². The molecule has 19 heavy (non-hydrogen) atoms. The minimum Gasteiger partial charge on any atom is -0.310 e. The first-order chi connectivity index (χ1) is 9.35. The van der Waals surface area contributed by atoms with Gasteiger partial charge in [-0.25, -0.2) is 0 Å². The zero-order chi connectivity index (χ0) is 13.1. The maximum Gasteiger partial charge on any atom is 0.0198 e. The van der Waals surface area contributed by atoms with Gasteiger partial charge < -0.3 is 10.2 Å². The molecule has 1 heterocycles. The lowest BCUT2D eigenvalue weighted by atomic mass is 9.87. The largest absolute Gasteiger partial charge is 0.310 e. The van der Waals surface area contributed by atoms with Crippen LogP contribution < -0.4 is 5.32 Å². The molecule has 1 aliphatic heterocycles. The Bertz CT molecular complexity index is 415. The molecule has 1 aliphatic carbocycles. The second-order valence-corrected chi connectivity index (χ2v) is 6.11. The number of likely N-dealkylation sites (tertiary alicyclic amines) is 1. The molecule has 1 saturated heterocycles. The van der Waals surface area contributed by atoms with Gasteiger partial charge in [0, 0.05) is 18.6 Å². The number of piperidine rings is 1. The average molecular weight is 258 g/mol. The number of hydrogen-bond acceptors (Lipinski definition) is 2. The summed E-state index contributed by atoms with van der Waals surface area (Å²) in [7, 11) is 0. The Hall–Kier alpha value is -0.860. The highest BCUT2D eigenvalue weighted by Gasteiger charge is 2.24. The quantitative estimate of drug-likeness (QED) is 0.896. The molecule has 3 rings (SSSR count).